The van der Waals surface area contributed by atoms with Crippen molar-refractivity contribution in [1.82, 2.24) is 67.2 Å². The number of amides is 14. The normalized spacial score (nSPS) is 23.9. The minimum absolute atomic E-state index is 0.0382. The molecule has 0 radical (unpaired) electrons. The van der Waals surface area contributed by atoms with Crippen molar-refractivity contribution in [3.63, 3.8) is 0 Å². The van der Waals surface area contributed by atoms with Gasteiger partial charge in [-0.25, -0.2) is 0 Å². The predicted molar refractivity (Wildman–Crippen MR) is 404 cm³/mol. The summed E-state index contributed by atoms with van der Waals surface area (Å²) in [7, 11) is 2.62. The van der Waals surface area contributed by atoms with Crippen LogP contribution in [0, 0.1) is 11.8 Å². The van der Waals surface area contributed by atoms with Crippen molar-refractivity contribution < 1.29 is 77.3 Å². The van der Waals surface area contributed by atoms with Gasteiger partial charge >= 0.3 is 0 Å². The molecule has 2 fully saturated rings. The number of para-hydroxylation sites is 2. The molecular formula is C76H98N16O16S. The number of H-pyrrole nitrogens is 2. The molecule has 109 heavy (non-hydrogen) atoms. The van der Waals surface area contributed by atoms with Gasteiger partial charge < -0.3 is 94.6 Å². The van der Waals surface area contributed by atoms with E-state index in [9.17, 15) is 58.2 Å². The first kappa shape index (κ1) is 83.1. The zero-order valence-electron chi connectivity index (χ0n) is 61.9. The van der Waals surface area contributed by atoms with E-state index in [-0.39, 0.29) is 87.5 Å². The highest BCUT2D eigenvalue weighted by Crippen LogP contribution is 2.26. The molecule has 4 aromatic carbocycles. The van der Waals surface area contributed by atoms with Gasteiger partial charge in [0.2, 0.25) is 82.7 Å². The standard InChI is InChI=1S/C76H98N16O16S/c1-8-41(4)65-73(105)86-56(35-63(78)96)69(101)84-55(33-45-36-80-51-16-11-9-14-49(45)51)68(100)88-59(66(79)98)38-109-39-64(97)82-57(31-43-19-23-47(93)24-20-43)74(106)90(6)42(5)67(99)83-53(27-28-62(77)95)76(108)92-29-13-18-60(92)71(103)87-58(32-44-21-25-48(94)26-22-44)75(107)91(7)61(34-46-37-81-52-17-12-10-15-50(46)52)72(104)85-54(30-40(2)3)70(102)89-65/h9-12,14-17,19-26,36-37,40-42,53-61,65,80-81,93-94H,8,13,18,27-35,38-39H2,1-7H3,(H2,77,95)(H2,78,96)(H2,79,98)(H,82,97)(H,83,99)(H,84,101)(H,85,104)(H,86,105)(H,87,103)(H,88,100)(H,89,102)/t41-,42-,53-,54-,55-,56-,57-,58-,59-,60-,61-,65-/m0/s1. The summed E-state index contributed by atoms with van der Waals surface area (Å²) < 4.78 is 0. The molecule has 33 heteroatoms. The lowest BCUT2D eigenvalue weighted by atomic mass is 9.95. The number of phenolic OH excluding ortho intramolecular Hbond substituents is 2. The van der Waals surface area contributed by atoms with Crippen LogP contribution in [-0.2, 0) is 92.8 Å². The zero-order valence-corrected chi connectivity index (χ0v) is 62.7. The fourth-order valence-electron chi connectivity index (χ4n) is 13.2. The van der Waals surface area contributed by atoms with Gasteiger partial charge in [-0.2, -0.15) is 0 Å². The summed E-state index contributed by atoms with van der Waals surface area (Å²) in [4.78, 5) is 212. The highest BCUT2D eigenvalue weighted by atomic mass is 32.2. The van der Waals surface area contributed by atoms with Gasteiger partial charge in [0.25, 0.3) is 0 Å². The van der Waals surface area contributed by atoms with Crippen LogP contribution in [0.1, 0.15) is 102 Å². The number of aromatic hydroxyl groups is 2. The Kier molecular flexibility index (Phi) is 29.2. The van der Waals surface area contributed by atoms with E-state index in [1.54, 1.807) is 82.6 Å². The number of phenols is 2. The van der Waals surface area contributed by atoms with Crippen LogP contribution in [0.3, 0.4) is 0 Å². The number of hydrogen-bond acceptors (Lipinski definition) is 17. The molecule has 2 aliphatic rings. The molecule has 18 N–H and O–H groups in total. The molecule has 0 aliphatic carbocycles. The Morgan fingerprint density at radius 3 is 1.61 bits per heavy atom. The molecule has 14 amide bonds. The van der Waals surface area contributed by atoms with Crippen molar-refractivity contribution in [3.8, 4) is 11.5 Å². The number of nitrogens with one attached hydrogen (secondary N) is 10. The maximum absolute atomic E-state index is 15.6. The van der Waals surface area contributed by atoms with Gasteiger partial charge in [0.1, 0.15) is 78.0 Å². The summed E-state index contributed by atoms with van der Waals surface area (Å²) in [5.41, 5.74) is 20.5. The van der Waals surface area contributed by atoms with E-state index >= 15 is 19.2 Å². The third kappa shape index (κ3) is 22.5. The number of carbonyl (C=O) groups is 14. The molecule has 6 aromatic rings. The van der Waals surface area contributed by atoms with Gasteiger partial charge in [-0.15, -0.1) is 11.8 Å². The van der Waals surface area contributed by atoms with Crippen molar-refractivity contribution >= 4 is 116 Å². The monoisotopic (exact) mass is 1520 g/mol. The number of hydrogen-bond donors (Lipinski definition) is 15. The van der Waals surface area contributed by atoms with Crippen molar-refractivity contribution in [2.75, 3.05) is 32.1 Å². The fourth-order valence-corrected chi connectivity index (χ4v) is 14.1. The second-order valence-electron chi connectivity index (χ2n) is 28.2. The van der Waals surface area contributed by atoms with Crippen LogP contribution in [0.15, 0.2) is 109 Å². The molecule has 0 spiro atoms. The summed E-state index contributed by atoms with van der Waals surface area (Å²) in [5.74, 6) is -14.8. The van der Waals surface area contributed by atoms with Crippen LogP contribution in [0.2, 0.25) is 0 Å². The number of nitrogens with two attached hydrogens (primary N) is 3. The zero-order chi connectivity index (χ0) is 79.5. The molecule has 2 saturated heterocycles. The molecule has 0 saturated carbocycles. The quantitative estimate of drug-likeness (QED) is 0.0552. The minimum Gasteiger partial charge on any atom is -0.508 e. The van der Waals surface area contributed by atoms with Crippen LogP contribution in [0.4, 0.5) is 0 Å². The van der Waals surface area contributed by atoms with Gasteiger partial charge in [-0.05, 0) is 103 Å². The number of primary amides is 3. The number of nitrogens with zero attached hydrogens (tertiary/aromatic N) is 3. The summed E-state index contributed by atoms with van der Waals surface area (Å²) >= 11 is 0.816. The number of likely N-dealkylation sites (N-methyl/N-ethyl adjacent to an activating group) is 2. The Hall–Kier alpha value is -11.5. The van der Waals surface area contributed by atoms with E-state index in [0.717, 1.165) is 21.6 Å². The topological polar surface area (TPSA) is 495 Å². The molecule has 2 aliphatic heterocycles. The van der Waals surface area contributed by atoms with Crippen LogP contribution in [-0.4, -0.2) is 216 Å². The van der Waals surface area contributed by atoms with Gasteiger partial charge in [0.05, 0.1) is 12.2 Å². The smallest absolute Gasteiger partial charge is 0.245 e. The number of thioether (sulfide) groups is 1. The fraction of sp³-hybridized carbons (Fsp3) is 0.447. The third-order valence-electron chi connectivity index (χ3n) is 19.7. The average molecular weight is 1520 g/mol. The third-order valence-corrected chi connectivity index (χ3v) is 20.8. The molecule has 32 nitrogen and oxygen atoms in total. The van der Waals surface area contributed by atoms with E-state index < -0.39 is 174 Å². The summed E-state index contributed by atoms with van der Waals surface area (Å²) in [6, 6.07) is 9.18. The lowest BCUT2D eigenvalue weighted by Crippen LogP contribution is -2.62. The van der Waals surface area contributed by atoms with E-state index in [1.807, 2.05) is 6.07 Å². The summed E-state index contributed by atoms with van der Waals surface area (Å²) in [5, 5.41) is 43.3. The van der Waals surface area contributed by atoms with Gasteiger partial charge in [0.15, 0.2) is 0 Å². The molecule has 12 atom stereocenters. The average Bonchev–Trinajstić information content (AvgIpc) is 1.81. The van der Waals surface area contributed by atoms with Gasteiger partial charge in [-0.3, -0.25) is 67.1 Å². The van der Waals surface area contributed by atoms with Crippen molar-refractivity contribution in [2.45, 2.75) is 172 Å². The highest BCUT2D eigenvalue weighted by molar-refractivity contribution is 8.00. The van der Waals surface area contributed by atoms with Crippen molar-refractivity contribution in [3.05, 3.63) is 132 Å². The number of carbonyl (C=O) groups excluding carboxylic acids is 14. The molecular weight excluding hydrogens is 1420 g/mol. The molecule has 2 aromatic heterocycles. The maximum Gasteiger partial charge on any atom is 0.245 e. The maximum atomic E-state index is 15.6. The molecule has 0 unspecified atom stereocenters. The van der Waals surface area contributed by atoms with Crippen LogP contribution < -0.4 is 59.7 Å². The van der Waals surface area contributed by atoms with Gasteiger partial charge in [0, 0.05) is 92.7 Å². The Balaban J connectivity index is 1.19. The second-order valence-corrected chi connectivity index (χ2v) is 29.3. The van der Waals surface area contributed by atoms with Crippen molar-refractivity contribution in [2.24, 2.45) is 29.0 Å². The number of fused-ring (bicyclic) bond motifs is 3. The Labute approximate surface area is 634 Å². The largest absolute Gasteiger partial charge is 0.508 e. The first-order valence-corrected chi connectivity index (χ1v) is 37.3. The van der Waals surface area contributed by atoms with E-state index in [4.69, 9.17) is 17.2 Å². The number of aromatic nitrogens is 2. The first-order valence-electron chi connectivity index (χ1n) is 36.2. The van der Waals surface area contributed by atoms with Crippen molar-refractivity contribution in [1.29, 1.82) is 0 Å². The first-order chi connectivity index (χ1) is 51.8. The van der Waals surface area contributed by atoms with E-state index in [2.05, 4.69) is 52.5 Å². The number of benzene rings is 4. The molecule has 8 rings (SSSR count). The SMILES string of the molecule is CC[C@H](C)[C@@H]1NC(=O)[C@H](CC(C)C)NC(=O)[C@H](Cc2c[nH]c3ccccc23)N(C)C(=O)[C@H](Cc2ccc(O)cc2)NC(=O)[C@@H]2CCCN2C(=O)[C@H](CCC(N)=O)NC(=O)[C@H](C)N(C)C(=O)[C@H](Cc2ccc(O)cc2)NC(=O)CSC[C@@H](C(N)=O)NC(=O)[C@H](Cc2c[nH]c3ccccc23)NC(=O)[C@H](CC(N)=O)NC1=O. The number of rotatable bonds is 18. The summed E-state index contributed by atoms with van der Waals surface area (Å²) in [6.07, 6.45) is 1.24. The Morgan fingerprint density at radius 1 is 0.541 bits per heavy atom. The highest BCUT2D eigenvalue weighted by Gasteiger charge is 2.43. The summed E-state index contributed by atoms with van der Waals surface area (Å²) in [6.45, 7) is 8.23. The van der Waals surface area contributed by atoms with Crippen LogP contribution >= 0.6 is 11.8 Å². The Bertz CT molecular complexity index is 4320. The minimum atomic E-state index is -1.81. The lowest BCUT2D eigenvalue weighted by molar-refractivity contribution is -0.145. The molecule has 584 valence electrons. The van der Waals surface area contributed by atoms with E-state index in [0.29, 0.717) is 44.1 Å². The number of aromatic amines is 2. The van der Waals surface area contributed by atoms with Crippen LogP contribution in [0.5, 0.6) is 11.5 Å². The van der Waals surface area contributed by atoms with E-state index in [1.165, 1.54) is 74.4 Å². The molecule has 4 heterocycles. The lowest BCUT2D eigenvalue weighted by Gasteiger charge is -2.34. The van der Waals surface area contributed by atoms with Gasteiger partial charge in [-0.1, -0.05) is 94.8 Å². The predicted octanol–water partition coefficient (Wildman–Crippen LogP) is 0.339. The molecule has 0 bridgehead atoms. The Morgan fingerprint density at radius 2 is 1.06 bits per heavy atom. The van der Waals surface area contributed by atoms with Crippen LogP contribution in [0.25, 0.3) is 21.8 Å². The second kappa shape index (κ2) is 38.3.